The van der Waals surface area contributed by atoms with Gasteiger partial charge in [-0.1, -0.05) is 0 Å². The summed E-state index contributed by atoms with van der Waals surface area (Å²) in [4.78, 5) is 8.62. The smallest absolute Gasteiger partial charge is 0.125 e. The maximum absolute atomic E-state index is 8.67. The lowest BCUT2D eigenvalue weighted by Crippen LogP contribution is -2.22. The van der Waals surface area contributed by atoms with E-state index in [1.807, 2.05) is 31.8 Å². The van der Waals surface area contributed by atoms with E-state index < -0.39 is 0 Å². The van der Waals surface area contributed by atoms with Gasteiger partial charge in [-0.3, -0.25) is 0 Å². The SMILES string of the molecule is Cc1ncc(C(C)NCCSCCCO)c(C)n1. The molecular formula is C13H23N3OS. The van der Waals surface area contributed by atoms with Gasteiger partial charge in [0.25, 0.3) is 0 Å². The minimum absolute atomic E-state index is 0.282. The molecule has 18 heavy (non-hydrogen) atoms. The van der Waals surface area contributed by atoms with E-state index in [-0.39, 0.29) is 12.6 Å². The van der Waals surface area contributed by atoms with Gasteiger partial charge in [0.1, 0.15) is 5.82 Å². The summed E-state index contributed by atoms with van der Waals surface area (Å²) < 4.78 is 0. The summed E-state index contributed by atoms with van der Waals surface area (Å²) in [6.45, 7) is 7.32. The molecule has 1 unspecified atom stereocenters. The summed E-state index contributed by atoms with van der Waals surface area (Å²) in [7, 11) is 0. The molecule has 102 valence electrons. The highest BCUT2D eigenvalue weighted by Crippen LogP contribution is 2.14. The third-order valence-electron chi connectivity index (χ3n) is 2.75. The quantitative estimate of drug-likeness (QED) is 0.706. The number of rotatable bonds is 8. The van der Waals surface area contributed by atoms with E-state index in [1.165, 1.54) is 5.56 Å². The van der Waals surface area contributed by atoms with E-state index in [9.17, 15) is 0 Å². The van der Waals surface area contributed by atoms with Crippen molar-refractivity contribution in [2.75, 3.05) is 24.7 Å². The highest BCUT2D eigenvalue weighted by atomic mass is 32.2. The first kappa shape index (κ1) is 15.4. The van der Waals surface area contributed by atoms with Gasteiger partial charge in [0, 0.05) is 42.4 Å². The Hall–Kier alpha value is -0.650. The summed E-state index contributed by atoms with van der Waals surface area (Å²) in [5.74, 6) is 2.91. The van der Waals surface area contributed by atoms with Crippen molar-refractivity contribution in [3.63, 3.8) is 0 Å². The molecular weight excluding hydrogens is 246 g/mol. The topological polar surface area (TPSA) is 58.0 Å². The molecule has 0 aliphatic carbocycles. The Morgan fingerprint density at radius 3 is 2.83 bits per heavy atom. The average Bonchev–Trinajstić information content (AvgIpc) is 2.33. The zero-order valence-corrected chi connectivity index (χ0v) is 12.3. The van der Waals surface area contributed by atoms with Crippen LogP contribution in [0.5, 0.6) is 0 Å². The Morgan fingerprint density at radius 1 is 1.39 bits per heavy atom. The van der Waals surface area contributed by atoms with Crippen LogP contribution in [0.1, 0.15) is 36.5 Å². The minimum Gasteiger partial charge on any atom is -0.396 e. The Morgan fingerprint density at radius 2 is 2.17 bits per heavy atom. The molecule has 0 aliphatic rings. The number of aliphatic hydroxyl groups excluding tert-OH is 1. The van der Waals surface area contributed by atoms with Gasteiger partial charge in [-0.05, 0) is 32.9 Å². The second-order valence-corrected chi connectivity index (χ2v) is 5.55. The molecule has 0 aliphatic heterocycles. The van der Waals surface area contributed by atoms with Gasteiger partial charge in [0.05, 0.1) is 0 Å². The first-order valence-electron chi connectivity index (χ1n) is 6.37. The van der Waals surface area contributed by atoms with Gasteiger partial charge in [-0.25, -0.2) is 9.97 Å². The first-order valence-corrected chi connectivity index (χ1v) is 7.52. The van der Waals surface area contributed by atoms with E-state index in [0.717, 1.165) is 36.0 Å². The van der Waals surface area contributed by atoms with Crippen LogP contribution in [0.15, 0.2) is 6.20 Å². The lowest BCUT2D eigenvalue weighted by atomic mass is 10.1. The molecule has 5 heteroatoms. The van der Waals surface area contributed by atoms with Crippen molar-refractivity contribution in [2.45, 2.75) is 33.2 Å². The Kier molecular flexibility index (Phi) is 7.23. The molecule has 0 fully saturated rings. The summed E-state index contributed by atoms with van der Waals surface area (Å²) in [5, 5.41) is 12.1. The Labute approximate surface area is 114 Å². The zero-order valence-electron chi connectivity index (χ0n) is 11.4. The van der Waals surface area contributed by atoms with Gasteiger partial charge >= 0.3 is 0 Å². The fourth-order valence-electron chi connectivity index (χ4n) is 1.74. The maximum atomic E-state index is 8.67. The van der Waals surface area contributed by atoms with Crippen LogP contribution in [0, 0.1) is 13.8 Å². The van der Waals surface area contributed by atoms with E-state index in [4.69, 9.17) is 5.11 Å². The van der Waals surface area contributed by atoms with Crippen LogP contribution >= 0.6 is 11.8 Å². The van der Waals surface area contributed by atoms with Crippen molar-refractivity contribution in [2.24, 2.45) is 0 Å². The van der Waals surface area contributed by atoms with Crippen molar-refractivity contribution >= 4 is 11.8 Å². The molecule has 1 rings (SSSR count). The summed E-state index contributed by atoms with van der Waals surface area (Å²) >= 11 is 1.87. The number of thioether (sulfide) groups is 1. The van der Waals surface area contributed by atoms with Crippen LogP contribution in [-0.4, -0.2) is 39.7 Å². The number of nitrogens with one attached hydrogen (secondary N) is 1. The second-order valence-electron chi connectivity index (χ2n) is 4.32. The third kappa shape index (κ3) is 5.33. The zero-order chi connectivity index (χ0) is 13.4. The summed E-state index contributed by atoms with van der Waals surface area (Å²) in [5.41, 5.74) is 2.22. The standard InChI is InChI=1S/C13H23N3OS/c1-10(14-5-8-18-7-4-6-17)13-9-15-12(3)16-11(13)2/h9-10,14,17H,4-8H2,1-3H3. The summed E-state index contributed by atoms with van der Waals surface area (Å²) in [6.07, 6.45) is 2.79. The van der Waals surface area contributed by atoms with Gasteiger partial charge < -0.3 is 10.4 Å². The Bertz CT molecular complexity index is 360. The molecule has 4 nitrogen and oxygen atoms in total. The van der Waals surface area contributed by atoms with E-state index in [0.29, 0.717) is 0 Å². The van der Waals surface area contributed by atoms with Gasteiger partial charge in [-0.2, -0.15) is 11.8 Å². The maximum Gasteiger partial charge on any atom is 0.125 e. The number of hydrogen-bond acceptors (Lipinski definition) is 5. The highest BCUT2D eigenvalue weighted by molar-refractivity contribution is 7.99. The van der Waals surface area contributed by atoms with E-state index in [2.05, 4.69) is 22.2 Å². The monoisotopic (exact) mass is 269 g/mol. The minimum atomic E-state index is 0.282. The highest BCUT2D eigenvalue weighted by Gasteiger charge is 2.09. The van der Waals surface area contributed by atoms with E-state index in [1.54, 1.807) is 0 Å². The molecule has 1 aromatic heterocycles. The van der Waals surface area contributed by atoms with Crippen molar-refractivity contribution in [3.05, 3.63) is 23.3 Å². The third-order valence-corrected chi connectivity index (χ3v) is 3.82. The lowest BCUT2D eigenvalue weighted by molar-refractivity contribution is 0.296. The van der Waals surface area contributed by atoms with Crippen LogP contribution in [-0.2, 0) is 0 Å². The fourth-order valence-corrected chi connectivity index (χ4v) is 2.54. The summed E-state index contributed by atoms with van der Waals surface area (Å²) in [6, 6.07) is 0.282. The molecule has 0 bridgehead atoms. The molecule has 0 aromatic carbocycles. The molecule has 0 saturated heterocycles. The number of aliphatic hydroxyl groups is 1. The van der Waals surface area contributed by atoms with Crippen molar-refractivity contribution in [3.8, 4) is 0 Å². The molecule has 2 N–H and O–H groups in total. The molecule has 1 heterocycles. The molecule has 0 spiro atoms. The van der Waals surface area contributed by atoms with Gasteiger partial charge in [0.15, 0.2) is 0 Å². The van der Waals surface area contributed by atoms with Crippen LogP contribution in [0.2, 0.25) is 0 Å². The molecule has 0 amide bonds. The normalized spacial score (nSPS) is 12.7. The van der Waals surface area contributed by atoms with Gasteiger partial charge in [-0.15, -0.1) is 0 Å². The molecule has 1 atom stereocenters. The average molecular weight is 269 g/mol. The molecule has 0 radical (unpaired) electrons. The largest absolute Gasteiger partial charge is 0.396 e. The second kappa shape index (κ2) is 8.45. The molecule has 0 saturated carbocycles. The number of aryl methyl sites for hydroxylation is 2. The van der Waals surface area contributed by atoms with Crippen LogP contribution in [0.25, 0.3) is 0 Å². The van der Waals surface area contributed by atoms with Crippen LogP contribution in [0.3, 0.4) is 0 Å². The van der Waals surface area contributed by atoms with Gasteiger partial charge in [0.2, 0.25) is 0 Å². The fraction of sp³-hybridized carbons (Fsp3) is 0.692. The molecule has 1 aromatic rings. The number of hydrogen-bond donors (Lipinski definition) is 2. The predicted octanol–water partition coefficient (Wildman–Crippen LogP) is 1.86. The van der Waals surface area contributed by atoms with E-state index >= 15 is 0 Å². The van der Waals surface area contributed by atoms with Crippen molar-refractivity contribution in [1.82, 2.24) is 15.3 Å². The number of aromatic nitrogens is 2. The van der Waals surface area contributed by atoms with Crippen molar-refractivity contribution < 1.29 is 5.11 Å². The van der Waals surface area contributed by atoms with Crippen molar-refractivity contribution in [1.29, 1.82) is 0 Å². The number of nitrogens with zero attached hydrogens (tertiary/aromatic N) is 2. The predicted molar refractivity (Wildman–Crippen MR) is 77.0 cm³/mol. The van der Waals surface area contributed by atoms with Crippen LogP contribution in [0.4, 0.5) is 0 Å². The van der Waals surface area contributed by atoms with Crippen LogP contribution < -0.4 is 5.32 Å². The lowest BCUT2D eigenvalue weighted by Gasteiger charge is -2.15. The first-order chi connectivity index (χ1) is 8.65. The Balaban J connectivity index is 2.29.